The Bertz CT molecular complexity index is 478. The minimum atomic E-state index is 0.148. The number of benzene rings is 1. The lowest BCUT2D eigenvalue weighted by atomic mass is 10.1. The second kappa shape index (κ2) is 7.43. The number of piperazine rings is 1. The summed E-state index contributed by atoms with van der Waals surface area (Å²) < 4.78 is 0. The summed E-state index contributed by atoms with van der Waals surface area (Å²) in [5.41, 5.74) is 0.976. The van der Waals surface area contributed by atoms with Gasteiger partial charge in [0.15, 0.2) is 0 Å². The molecule has 1 atom stereocenters. The number of aliphatic hydroxyl groups excluding tert-OH is 1. The number of carbonyl (C=O) groups is 1. The number of likely N-dealkylation sites (N-methyl/N-ethyl adjacent to an activating group) is 1. The molecule has 0 bridgehead atoms. The highest BCUT2D eigenvalue weighted by Crippen LogP contribution is 2.15. The van der Waals surface area contributed by atoms with Crippen LogP contribution >= 0.6 is 0 Å². The highest BCUT2D eigenvalue weighted by Gasteiger charge is 2.26. The molecule has 1 fully saturated rings. The van der Waals surface area contributed by atoms with Gasteiger partial charge in [-0.1, -0.05) is 12.1 Å². The van der Waals surface area contributed by atoms with Gasteiger partial charge < -0.3 is 15.1 Å². The topological polar surface area (TPSA) is 64.0 Å². The Hall–Kier alpha value is -1.59. The summed E-state index contributed by atoms with van der Waals surface area (Å²) in [4.78, 5) is 16.4. The van der Waals surface area contributed by atoms with Crippen molar-refractivity contribution in [2.45, 2.75) is 25.3 Å². The SMILES string of the molecule is CN1CCN(C(=O)CCc2cccc(O)c2)C[C@H]1CCO. The number of hydrogen-bond acceptors (Lipinski definition) is 4. The van der Waals surface area contributed by atoms with Gasteiger partial charge in [0.05, 0.1) is 0 Å². The van der Waals surface area contributed by atoms with Crippen molar-refractivity contribution in [2.75, 3.05) is 33.3 Å². The molecule has 2 N–H and O–H groups in total. The fourth-order valence-corrected chi connectivity index (χ4v) is 2.75. The molecular formula is C16H24N2O3. The van der Waals surface area contributed by atoms with E-state index in [-0.39, 0.29) is 24.3 Å². The van der Waals surface area contributed by atoms with Crippen LogP contribution in [0.25, 0.3) is 0 Å². The Morgan fingerprint density at radius 3 is 2.90 bits per heavy atom. The molecular weight excluding hydrogens is 268 g/mol. The van der Waals surface area contributed by atoms with Crippen molar-refractivity contribution in [3.8, 4) is 5.75 Å². The first kappa shape index (κ1) is 15.8. The van der Waals surface area contributed by atoms with Crippen LogP contribution in [-0.2, 0) is 11.2 Å². The van der Waals surface area contributed by atoms with Crippen molar-refractivity contribution in [1.29, 1.82) is 0 Å². The standard InChI is InChI=1S/C16H24N2O3/c1-17-8-9-18(12-14(17)7-10-19)16(21)6-5-13-3-2-4-15(20)11-13/h2-4,11,14,19-20H,5-10,12H2,1H3/t14-/m1/s1. The maximum absolute atomic E-state index is 12.3. The molecule has 0 aliphatic carbocycles. The third kappa shape index (κ3) is 4.44. The van der Waals surface area contributed by atoms with E-state index in [1.54, 1.807) is 18.2 Å². The zero-order valence-corrected chi connectivity index (χ0v) is 12.5. The molecule has 5 heteroatoms. The van der Waals surface area contributed by atoms with E-state index < -0.39 is 0 Å². The molecule has 0 unspecified atom stereocenters. The number of aliphatic hydroxyl groups is 1. The largest absolute Gasteiger partial charge is 0.508 e. The summed E-state index contributed by atoms with van der Waals surface area (Å²) in [5, 5.41) is 18.5. The number of nitrogens with zero attached hydrogens (tertiary/aromatic N) is 2. The summed E-state index contributed by atoms with van der Waals surface area (Å²) in [6, 6.07) is 7.29. The highest BCUT2D eigenvalue weighted by molar-refractivity contribution is 5.76. The second-order valence-corrected chi connectivity index (χ2v) is 5.66. The zero-order valence-electron chi connectivity index (χ0n) is 12.5. The maximum atomic E-state index is 12.3. The van der Waals surface area contributed by atoms with E-state index in [0.717, 1.165) is 18.7 Å². The summed E-state index contributed by atoms with van der Waals surface area (Å²) in [6.45, 7) is 2.44. The molecule has 1 amide bonds. The van der Waals surface area contributed by atoms with Gasteiger partial charge >= 0.3 is 0 Å². The van der Waals surface area contributed by atoms with Crippen LogP contribution in [0.3, 0.4) is 0 Å². The van der Waals surface area contributed by atoms with Gasteiger partial charge in [-0.25, -0.2) is 0 Å². The number of phenolic OH excluding ortho intramolecular Hbond substituents is 1. The Balaban J connectivity index is 1.85. The van der Waals surface area contributed by atoms with Gasteiger partial charge in [-0.05, 0) is 37.6 Å². The summed E-state index contributed by atoms with van der Waals surface area (Å²) in [7, 11) is 2.04. The number of aryl methyl sites for hydroxylation is 1. The normalized spacial score (nSPS) is 19.7. The Morgan fingerprint density at radius 2 is 2.19 bits per heavy atom. The van der Waals surface area contributed by atoms with Crippen molar-refractivity contribution in [2.24, 2.45) is 0 Å². The van der Waals surface area contributed by atoms with E-state index in [9.17, 15) is 9.90 Å². The van der Waals surface area contributed by atoms with Crippen LogP contribution in [0.1, 0.15) is 18.4 Å². The van der Waals surface area contributed by atoms with Gasteiger partial charge in [0.2, 0.25) is 5.91 Å². The van der Waals surface area contributed by atoms with Gasteiger partial charge in [-0.3, -0.25) is 9.69 Å². The molecule has 1 aromatic rings. The Morgan fingerprint density at radius 1 is 1.38 bits per heavy atom. The molecule has 116 valence electrons. The van der Waals surface area contributed by atoms with E-state index in [1.165, 1.54) is 0 Å². The number of phenols is 1. The van der Waals surface area contributed by atoms with Crippen LogP contribution in [-0.4, -0.2) is 65.3 Å². The van der Waals surface area contributed by atoms with E-state index in [1.807, 2.05) is 18.0 Å². The van der Waals surface area contributed by atoms with Gasteiger partial charge in [0.1, 0.15) is 5.75 Å². The third-order valence-electron chi connectivity index (χ3n) is 4.13. The predicted molar refractivity (Wildman–Crippen MR) is 81.1 cm³/mol. The number of carbonyl (C=O) groups excluding carboxylic acids is 1. The quantitative estimate of drug-likeness (QED) is 0.844. The van der Waals surface area contributed by atoms with Crippen molar-refractivity contribution in [3.05, 3.63) is 29.8 Å². The molecule has 5 nitrogen and oxygen atoms in total. The van der Waals surface area contributed by atoms with Crippen LogP contribution in [0.5, 0.6) is 5.75 Å². The molecule has 1 saturated heterocycles. The fraction of sp³-hybridized carbons (Fsp3) is 0.562. The lowest BCUT2D eigenvalue weighted by Gasteiger charge is -2.39. The average molecular weight is 292 g/mol. The molecule has 0 aromatic heterocycles. The van der Waals surface area contributed by atoms with E-state index in [2.05, 4.69) is 4.90 Å². The smallest absolute Gasteiger partial charge is 0.222 e. The van der Waals surface area contributed by atoms with Crippen LogP contribution in [0.4, 0.5) is 0 Å². The van der Waals surface area contributed by atoms with Crippen molar-refractivity contribution >= 4 is 5.91 Å². The second-order valence-electron chi connectivity index (χ2n) is 5.66. The molecule has 0 radical (unpaired) electrons. The molecule has 0 saturated carbocycles. The fourth-order valence-electron chi connectivity index (χ4n) is 2.75. The number of rotatable bonds is 5. The van der Waals surface area contributed by atoms with E-state index in [0.29, 0.717) is 25.8 Å². The maximum Gasteiger partial charge on any atom is 0.222 e. The van der Waals surface area contributed by atoms with Gasteiger partial charge in [-0.15, -0.1) is 0 Å². The zero-order chi connectivity index (χ0) is 15.2. The van der Waals surface area contributed by atoms with E-state index >= 15 is 0 Å². The van der Waals surface area contributed by atoms with Crippen LogP contribution < -0.4 is 0 Å². The van der Waals surface area contributed by atoms with Crippen molar-refractivity contribution in [1.82, 2.24) is 9.80 Å². The van der Waals surface area contributed by atoms with Crippen molar-refractivity contribution in [3.63, 3.8) is 0 Å². The van der Waals surface area contributed by atoms with Gasteiger partial charge in [0, 0.05) is 38.7 Å². The van der Waals surface area contributed by atoms with E-state index in [4.69, 9.17) is 5.11 Å². The summed E-state index contributed by atoms with van der Waals surface area (Å²) >= 11 is 0. The lowest BCUT2D eigenvalue weighted by molar-refractivity contribution is -0.134. The monoisotopic (exact) mass is 292 g/mol. The van der Waals surface area contributed by atoms with Gasteiger partial charge in [-0.2, -0.15) is 0 Å². The number of amides is 1. The molecule has 21 heavy (non-hydrogen) atoms. The first-order valence-electron chi connectivity index (χ1n) is 7.47. The molecule has 1 heterocycles. The predicted octanol–water partition coefficient (Wildman–Crippen LogP) is 0.850. The summed E-state index contributed by atoms with van der Waals surface area (Å²) in [5.74, 6) is 0.386. The highest BCUT2D eigenvalue weighted by atomic mass is 16.3. The number of aromatic hydroxyl groups is 1. The lowest BCUT2D eigenvalue weighted by Crippen LogP contribution is -2.53. The Labute approximate surface area is 125 Å². The Kier molecular flexibility index (Phi) is 5.59. The minimum absolute atomic E-state index is 0.148. The molecule has 2 rings (SSSR count). The average Bonchev–Trinajstić information content (AvgIpc) is 2.47. The van der Waals surface area contributed by atoms with Crippen molar-refractivity contribution < 1.29 is 15.0 Å². The van der Waals surface area contributed by atoms with Crippen LogP contribution in [0.2, 0.25) is 0 Å². The third-order valence-corrected chi connectivity index (χ3v) is 4.13. The molecule has 1 aliphatic heterocycles. The molecule has 0 spiro atoms. The minimum Gasteiger partial charge on any atom is -0.508 e. The first-order chi connectivity index (χ1) is 10.1. The molecule has 1 aromatic carbocycles. The first-order valence-corrected chi connectivity index (χ1v) is 7.47. The van der Waals surface area contributed by atoms with Crippen LogP contribution in [0, 0.1) is 0 Å². The number of hydrogen-bond donors (Lipinski definition) is 2. The molecule has 1 aliphatic rings. The van der Waals surface area contributed by atoms with Gasteiger partial charge in [0.25, 0.3) is 0 Å². The van der Waals surface area contributed by atoms with Crippen LogP contribution in [0.15, 0.2) is 24.3 Å². The summed E-state index contributed by atoms with van der Waals surface area (Å²) in [6.07, 6.45) is 1.80.